The second kappa shape index (κ2) is 8.75. The topological polar surface area (TPSA) is 27.3 Å². The van der Waals surface area contributed by atoms with Crippen LogP contribution in [0.1, 0.15) is 12.5 Å². The van der Waals surface area contributed by atoms with Gasteiger partial charge in [-0.2, -0.15) is 0 Å². The van der Waals surface area contributed by atoms with E-state index in [-0.39, 0.29) is 0 Å². The Kier molecular flexibility index (Phi) is 6.68. The fourth-order valence-electron chi connectivity index (χ4n) is 2.33. The van der Waals surface area contributed by atoms with Crippen LogP contribution in [0.5, 0.6) is 0 Å². The highest BCUT2D eigenvalue weighted by Gasteiger charge is 2.05. The number of likely N-dealkylation sites (N-methyl/N-ethyl adjacent to an activating group) is 1. The number of anilines is 2. The predicted octanol–water partition coefficient (Wildman–Crippen LogP) is 4.46. The number of hydrogen-bond donors (Lipinski definition) is 2. The number of benzene rings is 2. The summed E-state index contributed by atoms with van der Waals surface area (Å²) in [6.07, 6.45) is 0. The van der Waals surface area contributed by atoms with Crippen molar-refractivity contribution in [2.24, 2.45) is 0 Å². The molecular formula is C18H22ClN3S. The van der Waals surface area contributed by atoms with Crippen molar-refractivity contribution in [3.8, 4) is 0 Å². The van der Waals surface area contributed by atoms with Gasteiger partial charge in [-0.25, -0.2) is 0 Å². The molecule has 0 saturated carbocycles. The Labute approximate surface area is 148 Å². The van der Waals surface area contributed by atoms with Crippen molar-refractivity contribution >= 4 is 40.3 Å². The first-order valence-electron chi connectivity index (χ1n) is 7.71. The standard InChI is InChI=1S/C18H22ClN3S/c1-3-22(15-8-6-7-14(2)13-15)12-11-20-18(23)21-17-10-5-4-9-16(17)19/h4-10,13H,3,11-12H2,1-2H3,(H2,20,21,23). The third-order valence-electron chi connectivity index (χ3n) is 3.54. The second-order valence-corrected chi connectivity index (χ2v) is 6.09. The lowest BCUT2D eigenvalue weighted by Crippen LogP contribution is -2.37. The molecule has 0 unspecified atom stereocenters. The molecule has 0 aliphatic rings. The van der Waals surface area contributed by atoms with E-state index in [4.69, 9.17) is 23.8 Å². The van der Waals surface area contributed by atoms with Gasteiger partial charge in [-0.1, -0.05) is 35.9 Å². The first-order valence-corrected chi connectivity index (χ1v) is 8.49. The Morgan fingerprint density at radius 2 is 1.96 bits per heavy atom. The second-order valence-electron chi connectivity index (χ2n) is 5.28. The van der Waals surface area contributed by atoms with E-state index in [1.54, 1.807) is 0 Å². The predicted molar refractivity (Wildman–Crippen MR) is 105 cm³/mol. The Morgan fingerprint density at radius 3 is 2.65 bits per heavy atom. The maximum atomic E-state index is 6.11. The van der Waals surface area contributed by atoms with Gasteiger partial charge < -0.3 is 15.5 Å². The van der Waals surface area contributed by atoms with Crippen molar-refractivity contribution in [1.29, 1.82) is 0 Å². The van der Waals surface area contributed by atoms with Gasteiger partial charge in [0.2, 0.25) is 0 Å². The van der Waals surface area contributed by atoms with Crippen LogP contribution in [0.25, 0.3) is 0 Å². The number of rotatable bonds is 6. The van der Waals surface area contributed by atoms with Crippen LogP contribution in [0, 0.1) is 6.92 Å². The van der Waals surface area contributed by atoms with Crippen LogP contribution in [0.15, 0.2) is 48.5 Å². The van der Waals surface area contributed by atoms with E-state index in [0.717, 1.165) is 25.3 Å². The van der Waals surface area contributed by atoms with E-state index in [9.17, 15) is 0 Å². The molecule has 2 rings (SSSR count). The molecule has 2 aromatic carbocycles. The fourth-order valence-corrected chi connectivity index (χ4v) is 2.72. The summed E-state index contributed by atoms with van der Waals surface area (Å²) < 4.78 is 0. The highest BCUT2D eigenvalue weighted by molar-refractivity contribution is 7.80. The zero-order valence-electron chi connectivity index (χ0n) is 13.5. The van der Waals surface area contributed by atoms with Crippen LogP contribution >= 0.6 is 23.8 Å². The van der Waals surface area contributed by atoms with Gasteiger partial charge in [-0.05, 0) is 55.9 Å². The minimum atomic E-state index is 0.582. The number of nitrogens with zero attached hydrogens (tertiary/aromatic N) is 1. The van der Waals surface area contributed by atoms with Crippen LogP contribution in [0.3, 0.4) is 0 Å². The van der Waals surface area contributed by atoms with Crippen molar-refractivity contribution in [2.75, 3.05) is 29.9 Å². The molecule has 2 N–H and O–H groups in total. The number of hydrogen-bond acceptors (Lipinski definition) is 2. The average Bonchev–Trinajstić information content (AvgIpc) is 2.54. The summed E-state index contributed by atoms with van der Waals surface area (Å²) in [5.74, 6) is 0. The number of halogens is 1. The molecule has 0 spiro atoms. The van der Waals surface area contributed by atoms with E-state index < -0.39 is 0 Å². The normalized spacial score (nSPS) is 10.2. The Balaban J connectivity index is 1.83. The number of para-hydroxylation sites is 1. The molecule has 0 radical (unpaired) electrons. The van der Waals surface area contributed by atoms with Gasteiger partial charge in [-0.3, -0.25) is 0 Å². The maximum absolute atomic E-state index is 6.11. The zero-order valence-corrected chi connectivity index (χ0v) is 15.0. The monoisotopic (exact) mass is 347 g/mol. The number of thiocarbonyl (C=S) groups is 1. The summed E-state index contributed by atoms with van der Waals surface area (Å²) in [4.78, 5) is 2.32. The lowest BCUT2D eigenvalue weighted by Gasteiger charge is -2.24. The Hall–Kier alpha value is -1.78. The molecule has 23 heavy (non-hydrogen) atoms. The van der Waals surface area contributed by atoms with Crippen LogP contribution in [-0.4, -0.2) is 24.7 Å². The highest BCUT2D eigenvalue weighted by atomic mass is 35.5. The summed E-state index contributed by atoms with van der Waals surface area (Å²) in [5, 5.41) is 7.59. The minimum Gasteiger partial charge on any atom is -0.370 e. The van der Waals surface area contributed by atoms with Crippen LogP contribution in [-0.2, 0) is 0 Å². The van der Waals surface area contributed by atoms with Crippen LogP contribution in [0.4, 0.5) is 11.4 Å². The van der Waals surface area contributed by atoms with E-state index in [1.807, 2.05) is 24.3 Å². The molecule has 0 aromatic heterocycles. The smallest absolute Gasteiger partial charge is 0.170 e. The molecule has 5 heteroatoms. The van der Waals surface area contributed by atoms with Crippen molar-refractivity contribution in [2.45, 2.75) is 13.8 Å². The molecule has 0 aliphatic heterocycles. The molecule has 0 amide bonds. The van der Waals surface area contributed by atoms with Crippen molar-refractivity contribution in [1.82, 2.24) is 5.32 Å². The van der Waals surface area contributed by atoms with Crippen LogP contribution < -0.4 is 15.5 Å². The maximum Gasteiger partial charge on any atom is 0.170 e. The third kappa shape index (κ3) is 5.41. The summed E-state index contributed by atoms with van der Waals surface area (Å²) in [6.45, 7) is 6.86. The van der Waals surface area contributed by atoms with Gasteiger partial charge in [0, 0.05) is 25.3 Å². The van der Waals surface area contributed by atoms with Gasteiger partial charge in [0.15, 0.2) is 5.11 Å². The molecule has 0 bridgehead atoms. The number of nitrogens with one attached hydrogen (secondary N) is 2. The summed E-state index contributed by atoms with van der Waals surface area (Å²) >= 11 is 11.4. The highest BCUT2D eigenvalue weighted by Crippen LogP contribution is 2.20. The van der Waals surface area contributed by atoms with Crippen molar-refractivity contribution < 1.29 is 0 Å². The lowest BCUT2D eigenvalue weighted by molar-refractivity contribution is 0.779. The minimum absolute atomic E-state index is 0.582. The van der Waals surface area contributed by atoms with Crippen molar-refractivity contribution in [3.63, 3.8) is 0 Å². The summed E-state index contributed by atoms with van der Waals surface area (Å²) in [5.41, 5.74) is 3.32. The van der Waals surface area contributed by atoms with E-state index >= 15 is 0 Å². The molecule has 0 fully saturated rings. The third-order valence-corrected chi connectivity index (χ3v) is 4.11. The molecule has 3 nitrogen and oxygen atoms in total. The van der Waals surface area contributed by atoms with Gasteiger partial charge in [0.1, 0.15) is 0 Å². The molecule has 0 heterocycles. The molecular weight excluding hydrogens is 326 g/mol. The first-order chi connectivity index (χ1) is 11.1. The lowest BCUT2D eigenvalue weighted by atomic mass is 10.2. The van der Waals surface area contributed by atoms with E-state index in [2.05, 4.69) is 53.6 Å². The summed E-state index contributed by atoms with van der Waals surface area (Å²) in [7, 11) is 0. The van der Waals surface area contributed by atoms with Gasteiger partial charge in [0.25, 0.3) is 0 Å². The molecule has 2 aromatic rings. The number of aryl methyl sites for hydroxylation is 1. The SMILES string of the molecule is CCN(CCNC(=S)Nc1ccccc1Cl)c1cccc(C)c1. The van der Waals surface area contributed by atoms with Crippen LogP contribution in [0.2, 0.25) is 5.02 Å². The molecule has 0 atom stereocenters. The first kappa shape index (κ1) is 17.6. The largest absolute Gasteiger partial charge is 0.370 e. The van der Waals surface area contributed by atoms with Gasteiger partial charge in [-0.15, -0.1) is 0 Å². The summed E-state index contributed by atoms with van der Waals surface area (Å²) in [6, 6.07) is 16.1. The van der Waals surface area contributed by atoms with E-state index in [1.165, 1.54) is 11.3 Å². The Bertz CT molecular complexity index is 660. The van der Waals surface area contributed by atoms with Gasteiger partial charge in [0.05, 0.1) is 10.7 Å². The molecule has 0 aliphatic carbocycles. The molecule has 0 saturated heterocycles. The van der Waals surface area contributed by atoms with Crippen molar-refractivity contribution in [3.05, 3.63) is 59.1 Å². The quantitative estimate of drug-likeness (QED) is 0.754. The fraction of sp³-hybridized carbons (Fsp3) is 0.278. The van der Waals surface area contributed by atoms with Gasteiger partial charge >= 0.3 is 0 Å². The molecule has 122 valence electrons. The zero-order chi connectivity index (χ0) is 16.7. The van der Waals surface area contributed by atoms with E-state index in [0.29, 0.717) is 10.1 Å². The average molecular weight is 348 g/mol. The Morgan fingerprint density at radius 1 is 1.17 bits per heavy atom.